The molecule has 0 unspecified atom stereocenters. The van der Waals surface area contributed by atoms with E-state index in [0.717, 1.165) is 44.9 Å². The molecule has 108 valence electrons. The Morgan fingerprint density at radius 3 is 2.75 bits per heavy atom. The fourth-order valence-electron chi connectivity index (χ4n) is 2.86. The quantitative estimate of drug-likeness (QED) is 0.729. The first-order chi connectivity index (χ1) is 9.81. The van der Waals surface area contributed by atoms with Crippen LogP contribution in [0.15, 0.2) is 30.3 Å². The Balaban J connectivity index is 1.75. The molecule has 1 aliphatic rings. The second-order valence-corrected chi connectivity index (χ2v) is 5.56. The molecule has 2 N–H and O–H groups in total. The number of fused-ring (bicyclic) bond motifs is 1. The number of ketones is 1. The van der Waals surface area contributed by atoms with Gasteiger partial charge in [-0.25, -0.2) is 0 Å². The molecule has 0 saturated heterocycles. The molecule has 2 rings (SSSR count). The van der Waals surface area contributed by atoms with Gasteiger partial charge in [0.1, 0.15) is 5.78 Å². The zero-order valence-corrected chi connectivity index (χ0v) is 12.2. The van der Waals surface area contributed by atoms with Gasteiger partial charge in [-0.15, -0.1) is 0 Å². The Morgan fingerprint density at radius 1 is 1.10 bits per heavy atom. The molecule has 1 aromatic carbocycles. The fourth-order valence-corrected chi connectivity index (χ4v) is 2.86. The molecule has 0 heterocycles. The largest absolute Gasteiger partial charge is 0.330 e. The number of Topliss-reactive ketones (excluding diaryl/α,β-unsaturated/α-hetero) is 1. The van der Waals surface area contributed by atoms with Crippen LogP contribution in [0.4, 0.5) is 0 Å². The van der Waals surface area contributed by atoms with E-state index in [1.165, 1.54) is 16.7 Å². The third-order valence-corrected chi connectivity index (χ3v) is 3.98. The fraction of sp³-hybridized carbons (Fsp3) is 0.500. The van der Waals surface area contributed by atoms with Crippen molar-refractivity contribution in [3.05, 3.63) is 41.5 Å². The maximum absolute atomic E-state index is 11.6. The van der Waals surface area contributed by atoms with E-state index in [9.17, 15) is 4.79 Å². The number of carbonyl (C=O) groups is 1. The molecule has 1 aromatic rings. The Bertz CT molecular complexity index is 476. The number of benzene rings is 1. The van der Waals surface area contributed by atoms with Crippen molar-refractivity contribution in [2.45, 2.75) is 51.4 Å². The van der Waals surface area contributed by atoms with Gasteiger partial charge in [0, 0.05) is 12.8 Å². The van der Waals surface area contributed by atoms with Gasteiger partial charge >= 0.3 is 0 Å². The highest BCUT2D eigenvalue weighted by Crippen LogP contribution is 2.29. The number of hydrogen-bond donors (Lipinski definition) is 1. The standard InChI is InChI=1S/C18H25NO/c19-14-6-12-17(20)11-3-1-7-15-9-5-10-16-8-2-4-13-18(15)16/h2,4,8-9,13H,1,3,5-7,10-12,14,19H2. The third-order valence-electron chi connectivity index (χ3n) is 3.98. The predicted octanol–water partition coefficient (Wildman–Crippen LogP) is 3.88. The lowest BCUT2D eigenvalue weighted by Gasteiger charge is -2.17. The van der Waals surface area contributed by atoms with Crippen LogP contribution >= 0.6 is 0 Å². The molecule has 1 aliphatic carbocycles. The minimum Gasteiger partial charge on any atom is -0.330 e. The second kappa shape index (κ2) is 8.01. The number of hydrogen-bond acceptors (Lipinski definition) is 2. The van der Waals surface area contributed by atoms with Crippen LogP contribution in [0.2, 0.25) is 0 Å². The molecule has 2 heteroatoms. The van der Waals surface area contributed by atoms with Crippen LogP contribution < -0.4 is 5.73 Å². The maximum atomic E-state index is 11.6. The Hall–Kier alpha value is -1.41. The lowest BCUT2D eigenvalue weighted by atomic mass is 9.88. The van der Waals surface area contributed by atoms with Gasteiger partial charge < -0.3 is 5.73 Å². The normalized spacial score (nSPS) is 13.8. The van der Waals surface area contributed by atoms with Gasteiger partial charge in [0.15, 0.2) is 0 Å². The number of rotatable bonds is 8. The summed E-state index contributed by atoms with van der Waals surface area (Å²) in [5.41, 5.74) is 9.79. The molecule has 0 saturated carbocycles. The molecule has 0 fully saturated rings. The second-order valence-electron chi connectivity index (χ2n) is 5.56. The van der Waals surface area contributed by atoms with Crippen molar-refractivity contribution in [1.82, 2.24) is 0 Å². The molecule has 0 radical (unpaired) electrons. The summed E-state index contributed by atoms with van der Waals surface area (Å²) in [5, 5.41) is 0. The van der Waals surface area contributed by atoms with E-state index >= 15 is 0 Å². The highest BCUT2D eigenvalue weighted by atomic mass is 16.1. The van der Waals surface area contributed by atoms with Gasteiger partial charge in [0.25, 0.3) is 0 Å². The highest BCUT2D eigenvalue weighted by Gasteiger charge is 2.11. The average Bonchev–Trinajstić information content (AvgIpc) is 2.49. The highest BCUT2D eigenvalue weighted by molar-refractivity contribution is 5.78. The maximum Gasteiger partial charge on any atom is 0.132 e. The van der Waals surface area contributed by atoms with Crippen LogP contribution in [0, 0.1) is 0 Å². The molecule has 0 spiro atoms. The van der Waals surface area contributed by atoms with Crippen LogP contribution in [0.25, 0.3) is 5.57 Å². The number of nitrogens with two attached hydrogens (primary N) is 1. The van der Waals surface area contributed by atoms with Gasteiger partial charge in [0.05, 0.1) is 0 Å². The van der Waals surface area contributed by atoms with E-state index in [-0.39, 0.29) is 0 Å². The summed E-state index contributed by atoms with van der Waals surface area (Å²) in [7, 11) is 0. The zero-order chi connectivity index (χ0) is 14.2. The summed E-state index contributed by atoms with van der Waals surface area (Å²) in [4.78, 5) is 11.6. The minimum absolute atomic E-state index is 0.369. The Labute approximate surface area is 122 Å². The summed E-state index contributed by atoms with van der Waals surface area (Å²) in [6, 6.07) is 8.71. The van der Waals surface area contributed by atoms with Crippen molar-refractivity contribution >= 4 is 11.4 Å². The molecular formula is C18H25NO. The van der Waals surface area contributed by atoms with Gasteiger partial charge in [0.2, 0.25) is 0 Å². The smallest absolute Gasteiger partial charge is 0.132 e. The van der Waals surface area contributed by atoms with Crippen LogP contribution in [0.5, 0.6) is 0 Å². The summed E-state index contributed by atoms with van der Waals surface area (Å²) in [6.45, 7) is 0.620. The van der Waals surface area contributed by atoms with E-state index in [0.29, 0.717) is 18.7 Å². The molecule has 0 aliphatic heterocycles. The van der Waals surface area contributed by atoms with Gasteiger partial charge in [-0.1, -0.05) is 30.3 Å². The Morgan fingerprint density at radius 2 is 1.90 bits per heavy atom. The van der Waals surface area contributed by atoms with Crippen molar-refractivity contribution in [2.75, 3.05) is 6.54 Å². The number of carbonyl (C=O) groups excluding carboxylic acids is 1. The van der Waals surface area contributed by atoms with E-state index < -0.39 is 0 Å². The van der Waals surface area contributed by atoms with Crippen LogP contribution in [-0.2, 0) is 11.2 Å². The van der Waals surface area contributed by atoms with Crippen molar-refractivity contribution in [3.63, 3.8) is 0 Å². The first-order valence-corrected chi connectivity index (χ1v) is 7.80. The van der Waals surface area contributed by atoms with Crippen molar-refractivity contribution in [1.29, 1.82) is 0 Å². The van der Waals surface area contributed by atoms with Gasteiger partial charge in [-0.3, -0.25) is 4.79 Å². The Kier molecular flexibility index (Phi) is 6.00. The molecule has 0 bridgehead atoms. The first kappa shape index (κ1) is 15.0. The van der Waals surface area contributed by atoms with E-state index in [1.807, 2.05) is 0 Å². The molecule has 2 nitrogen and oxygen atoms in total. The van der Waals surface area contributed by atoms with Crippen molar-refractivity contribution in [3.8, 4) is 0 Å². The third kappa shape index (κ3) is 4.31. The van der Waals surface area contributed by atoms with Gasteiger partial charge in [-0.05, 0) is 61.8 Å². The molecule has 0 aromatic heterocycles. The summed E-state index contributed by atoms with van der Waals surface area (Å²) < 4.78 is 0. The number of aryl methyl sites for hydroxylation is 1. The topological polar surface area (TPSA) is 43.1 Å². The number of allylic oxidation sites excluding steroid dienone is 2. The SMILES string of the molecule is NCCCC(=O)CCCCC1=CCCc2ccccc21. The molecular weight excluding hydrogens is 246 g/mol. The molecule has 0 amide bonds. The minimum atomic E-state index is 0.369. The van der Waals surface area contributed by atoms with E-state index in [4.69, 9.17) is 5.73 Å². The monoisotopic (exact) mass is 271 g/mol. The molecule has 0 atom stereocenters. The van der Waals surface area contributed by atoms with E-state index in [1.54, 1.807) is 0 Å². The lowest BCUT2D eigenvalue weighted by Crippen LogP contribution is -2.04. The zero-order valence-electron chi connectivity index (χ0n) is 12.2. The predicted molar refractivity (Wildman–Crippen MR) is 84.5 cm³/mol. The molecule has 20 heavy (non-hydrogen) atoms. The van der Waals surface area contributed by atoms with Crippen molar-refractivity contribution < 1.29 is 4.79 Å². The van der Waals surface area contributed by atoms with E-state index in [2.05, 4.69) is 30.3 Å². The summed E-state index contributed by atoms with van der Waals surface area (Å²) in [5.74, 6) is 0.369. The van der Waals surface area contributed by atoms with Crippen LogP contribution in [0.1, 0.15) is 56.1 Å². The number of unbranched alkanes of at least 4 members (excludes halogenated alkanes) is 1. The summed E-state index contributed by atoms with van der Waals surface area (Å²) >= 11 is 0. The lowest BCUT2D eigenvalue weighted by molar-refractivity contribution is -0.119. The first-order valence-electron chi connectivity index (χ1n) is 7.80. The summed E-state index contributed by atoms with van der Waals surface area (Å²) in [6.07, 6.45) is 10.1. The average molecular weight is 271 g/mol. The van der Waals surface area contributed by atoms with Gasteiger partial charge in [-0.2, -0.15) is 0 Å². The van der Waals surface area contributed by atoms with Crippen LogP contribution in [0.3, 0.4) is 0 Å². The van der Waals surface area contributed by atoms with Crippen molar-refractivity contribution in [2.24, 2.45) is 5.73 Å². The van der Waals surface area contributed by atoms with Crippen LogP contribution in [-0.4, -0.2) is 12.3 Å².